The second-order valence-corrected chi connectivity index (χ2v) is 6.96. The van der Waals surface area contributed by atoms with Gasteiger partial charge in [-0.25, -0.2) is 13.1 Å². The monoisotopic (exact) mass is 312 g/mol. The summed E-state index contributed by atoms with van der Waals surface area (Å²) in [4.78, 5) is 13.3. The summed E-state index contributed by atoms with van der Waals surface area (Å²) in [6.07, 6.45) is 1.02. The van der Waals surface area contributed by atoms with Gasteiger partial charge in [0.25, 0.3) is 0 Å². The standard InChI is InChI=1S/C14H20N2O4S/c1-10(6-8-17)15-21(19,20)13-3-4-14-12(9-13)5-7-16(14)11(2)18/h3-4,9-10,15,17H,5-8H2,1-2H3. The van der Waals surface area contributed by atoms with Crippen molar-refractivity contribution in [3.05, 3.63) is 23.8 Å². The predicted octanol–water partition coefficient (Wildman–Crippen LogP) is 0.645. The van der Waals surface area contributed by atoms with Crippen LogP contribution in [0.1, 0.15) is 25.8 Å². The zero-order valence-corrected chi connectivity index (χ0v) is 13.0. The van der Waals surface area contributed by atoms with E-state index in [-0.39, 0.29) is 23.5 Å². The molecule has 1 aromatic carbocycles. The van der Waals surface area contributed by atoms with Gasteiger partial charge in [-0.3, -0.25) is 4.79 Å². The first-order valence-electron chi connectivity index (χ1n) is 6.89. The highest BCUT2D eigenvalue weighted by Gasteiger charge is 2.25. The highest BCUT2D eigenvalue weighted by Crippen LogP contribution is 2.30. The molecule has 0 bridgehead atoms. The van der Waals surface area contributed by atoms with Gasteiger partial charge in [0.2, 0.25) is 15.9 Å². The van der Waals surface area contributed by atoms with Gasteiger partial charge in [-0.05, 0) is 43.5 Å². The number of sulfonamides is 1. The van der Waals surface area contributed by atoms with Gasteiger partial charge < -0.3 is 10.0 Å². The number of nitrogens with one attached hydrogen (secondary N) is 1. The quantitative estimate of drug-likeness (QED) is 0.835. The Hall–Kier alpha value is -1.44. The summed E-state index contributed by atoms with van der Waals surface area (Å²) in [5.74, 6) is -0.0425. The number of hydrogen-bond acceptors (Lipinski definition) is 4. The number of anilines is 1. The Morgan fingerprint density at radius 1 is 1.48 bits per heavy atom. The minimum absolute atomic E-state index is 0.0425. The maximum atomic E-state index is 12.3. The minimum Gasteiger partial charge on any atom is -0.396 e. The van der Waals surface area contributed by atoms with Crippen LogP contribution >= 0.6 is 0 Å². The molecule has 0 aliphatic carbocycles. The summed E-state index contributed by atoms with van der Waals surface area (Å²) in [5.41, 5.74) is 1.65. The average Bonchev–Trinajstić information content (AvgIpc) is 2.81. The molecule has 1 unspecified atom stereocenters. The maximum absolute atomic E-state index is 12.3. The lowest BCUT2D eigenvalue weighted by molar-refractivity contribution is -0.116. The summed E-state index contributed by atoms with van der Waals surface area (Å²) >= 11 is 0. The number of amides is 1. The lowest BCUT2D eigenvalue weighted by Crippen LogP contribution is -2.33. The Bertz CT molecular complexity index is 642. The molecule has 0 spiro atoms. The van der Waals surface area contributed by atoms with E-state index in [2.05, 4.69) is 4.72 Å². The van der Waals surface area contributed by atoms with Gasteiger partial charge in [-0.1, -0.05) is 0 Å². The molecule has 1 aliphatic heterocycles. The van der Waals surface area contributed by atoms with Crippen LogP contribution in [0.2, 0.25) is 0 Å². The van der Waals surface area contributed by atoms with Crippen molar-refractivity contribution in [3.8, 4) is 0 Å². The van der Waals surface area contributed by atoms with Crippen LogP contribution in [-0.4, -0.2) is 38.6 Å². The van der Waals surface area contributed by atoms with E-state index in [0.717, 1.165) is 11.3 Å². The Balaban J connectivity index is 2.25. The molecule has 116 valence electrons. The third-order valence-corrected chi connectivity index (χ3v) is 5.14. The molecule has 2 N–H and O–H groups in total. The number of carbonyl (C=O) groups is 1. The third-order valence-electron chi connectivity index (χ3n) is 3.56. The van der Waals surface area contributed by atoms with E-state index in [1.54, 1.807) is 24.0 Å². The fourth-order valence-electron chi connectivity index (χ4n) is 2.46. The van der Waals surface area contributed by atoms with Crippen LogP contribution in [0.5, 0.6) is 0 Å². The molecule has 6 nitrogen and oxygen atoms in total. The molecule has 2 rings (SSSR count). The Morgan fingerprint density at radius 2 is 2.19 bits per heavy atom. The Labute approximate surface area is 124 Å². The van der Waals surface area contributed by atoms with Crippen molar-refractivity contribution in [1.29, 1.82) is 0 Å². The molecule has 0 saturated carbocycles. The third kappa shape index (κ3) is 3.42. The van der Waals surface area contributed by atoms with Crippen LogP contribution in [0.25, 0.3) is 0 Å². The zero-order valence-electron chi connectivity index (χ0n) is 12.2. The molecule has 0 fully saturated rings. The van der Waals surface area contributed by atoms with Crippen LogP contribution in [-0.2, 0) is 21.2 Å². The highest BCUT2D eigenvalue weighted by atomic mass is 32.2. The molecule has 0 aromatic heterocycles. The smallest absolute Gasteiger partial charge is 0.240 e. The first-order chi connectivity index (χ1) is 9.85. The summed E-state index contributed by atoms with van der Waals surface area (Å²) < 4.78 is 27.0. The van der Waals surface area contributed by atoms with Gasteiger partial charge in [-0.2, -0.15) is 0 Å². The largest absolute Gasteiger partial charge is 0.396 e. The molecule has 1 aliphatic rings. The molecule has 21 heavy (non-hydrogen) atoms. The number of carbonyl (C=O) groups excluding carboxylic acids is 1. The SMILES string of the molecule is CC(=O)N1CCc2cc(S(=O)(=O)NC(C)CCO)ccc21. The van der Waals surface area contributed by atoms with Crippen molar-refractivity contribution < 1.29 is 18.3 Å². The van der Waals surface area contributed by atoms with E-state index >= 15 is 0 Å². The van der Waals surface area contributed by atoms with Crippen molar-refractivity contribution in [2.45, 2.75) is 37.6 Å². The van der Waals surface area contributed by atoms with Gasteiger partial charge in [0, 0.05) is 31.8 Å². The summed E-state index contributed by atoms with van der Waals surface area (Å²) in [6.45, 7) is 3.72. The fraction of sp³-hybridized carbons (Fsp3) is 0.500. The van der Waals surface area contributed by atoms with E-state index < -0.39 is 10.0 Å². The van der Waals surface area contributed by atoms with E-state index in [0.29, 0.717) is 19.4 Å². The second-order valence-electron chi connectivity index (χ2n) is 5.25. The summed E-state index contributed by atoms with van der Waals surface area (Å²) in [7, 11) is -3.61. The number of aliphatic hydroxyl groups excluding tert-OH is 1. The molecule has 1 heterocycles. The molecule has 1 aromatic rings. The van der Waals surface area contributed by atoms with Gasteiger partial charge in [0.15, 0.2) is 0 Å². The van der Waals surface area contributed by atoms with Crippen LogP contribution < -0.4 is 9.62 Å². The normalized spacial score (nSPS) is 15.9. The zero-order chi connectivity index (χ0) is 15.6. The van der Waals surface area contributed by atoms with Crippen LogP contribution in [0.4, 0.5) is 5.69 Å². The van der Waals surface area contributed by atoms with Gasteiger partial charge >= 0.3 is 0 Å². The van der Waals surface area contributed by atoms with Crippen LogP contribution in [0, 0.1) is 0 Å². The molecule has 7 heteroatoms. The van der Waals surface area contributed by atoms with E-state index in [1.165, 1.54) is 13.0 Å². The number of aliphatic hydroxyl groups is 1. The Morgan fingerprint density at radius 3 is 2.81 bits per heavy atom. The number of hydrogen-bond donors (Lipinski definition) is 2. The lowest BCUT2D eigenvalue weighted by atomic mass is 10.2. The number of nitrogens with zero attached hydrogens (tertiary/aromatic N) is 1. The van der Waals surface area contributed by atoms with Crippen molar-refractivity contribution in [3.63, 3.8) is 0 Å². The molecular formula is C14H20N2O4S. The highest BCUT2D eigenvalue weighted by molar-refractivity contribution is 7.89. The van der Waals surface area contributed by atoms with E-state index in [9.17, 15) is 13.2 Å². The van der Waals surface area contributed by atoms with Gasteiger partial charge in [0.05, 0.1) is 4.90 Å². The van der Waals surface area contributed by atoms with E-state index in [4.69, 9.17) is 5.11 Å². The van der Waals surface area contributed by atoms with Crippen molar-refractivity contribution in [1.82, 2.24) is 4.72 Å². The molecular weight excluding hydrogens is 292 g/mol. The lowest BCUT2D eigenvalue weighted by Gasteiger charge is -2.16. The summed E-state index contributed by atoms with van der Waals surface area (Å²) in [6, 6.07) is 4.47. The minimum atomic E-state index is -3.61. The second kappa shape index (κ2) is 6.13. The maximum Gasteiger partial charge on any atom is 0.240 e. The number of rotatable bonds is 5. The molecule has 0 radical (unpaired) electrons. The van der Waals surface area contributed by atoms with Gasteiger partial charge in [-0.15, -0.1) is 0 Å². The Kier molecular flexibility index (Phi) is 4.65. The first-order valence-corrected chi connectivity index (χ1v) is 8.37. The van der Waals surface area contributed by atoms with Crippen LogP contribution in [0.3, 0.4) is 0 Å². The number of benzene rings is 1. The topological polar surface area (TPSA) is 86.7 Å². The van der Waals surface area contributed by atoms with Gasteiger partial charge in [0.1, 0.15) is 0 Å². The van der Waals surface area contributed by atoms with Crippen molar-refractivity contribution in [2.24, 2.45) is 0 Å². The van der Waals surface area contributed by atoms with Crippen molar-refractivity contribution >= 4 is 21.6 Å². The molecule has 0 saturated heterocycles. The fourth-order valence-corrected chi connectivity index (χ4v) is 3.79. The summed E-state index contributed by atoms with van der Waals surface area (Å²) in [5, 5.41) is 8.84. The molecule has 1 amide bonds. The van der Waals surface area contributed by atoms with Crippen LogP contribution in [0.15, 0.2) is 23.1 Å². The van der Waals surface area contributed by atoms with Crippen molar-refractivity contribution in [2.75, 3.05) is 18.1 Å². The average molecular weight is 312 g/mol. The molecule has 1 atom stereocenters. The predicted molar refractivity (Wildman–Crippen MR) is 79.7 cm³/mol. The first kappa shape index (κ1) is 15.9. The van der Waals surface area contributed by atoms with E-state index in [1.807, 2.05) is 0 Å². The number of fused-ring (bicyclic) bond motifs is 1.